The lowest BCUT2D eigenvalue weighted by atomic mass is 10.4. The zero-order valence-corrected chi connectivity index (χ0v) is 10.4. The number of anilines is 1. The first-order valence-electron chi connectivity index (χ1n) is 4.85. The molecule has 0 radical (unpaired) electrons. The van der Waals surface area contributed by atoms with E-state index < -0.39 is 10.0 Å². The first kappa shape index (κ1) is 12.9. The highest BCUT2D eigenvalue weighted by molar-refractivity contribution is 7.89. The van der Waals surface area contributed by atoms with Crippen molar-refractivity contribution in [2.75, 3.05) is 26.0 Å². The molecule has 0 unspecified atom stereocenters. The van der Waals surface area contributed by atoms with E-state index >= 15 is 0 Å². The molecule has 0 atom stereocenters. The molecule has 1 aromatic rings. The third kappa shape index (κ3) is 3.44. The molecule has 0 bridgehead atoms. The highest BCUT2D eigenvalue weighted by atomic mass is 32.2. The van der Waals surface area contributed by atoms with Crippen LogP contribution in [0.5, 0.6) is 0 Å². The summed E-state index contributed by atoms with van der Waals surface area (Å²) in [5.41, 5.74) is 0. The minimum atomic E-state index is -3.50. The standard InChI is InChI=1S/C9H16N4O2S/c1-4-10-9-7-8(5-6-11-9)16(14,15)12-13(2)3/h5-7,12H,4H2,1-3H3,(H,10,11). The third-order valence-corrected chi connectivity index (χ3v) is 3.18. The van der Waals surface area contributed by atoms with Crippen molar-refractivity contribution >= 4 is 15.8 Å². The number of nitrogens with one attached hydrogen (secondary N) is 2. The Morgan fingerprint density at radius 2 is 2.12 bits per heavy atom. The van der Waals surface area contributed by atoms with Gasteiger partial charge in [-0.2, -0.15) is 0 Å². The van der Waals surface area contributed by atoms with Crippen LogP contribution >= 0.6 is 0 Å². The highest BCUT2D eigenvalue weighted by Crippen LogP contribution is 2.12. The van der Waals surface area contributed by atoms with Gasteiger partial charge in [0.15, 0.2) is 0 Å². The van der Waals surface area contributed by atoms with E-state index in [4.69, 9.17) is 0 Å². The van der Waals surface area contributed by atoms with Gasteiger partial charge in [0.2, 0.25) is 0 Å². The summed E-state index contributed by atoms with van der Waals surface area (Å²) in [4.78, 5) is 6.55. The van der Waals surface area contributed by atoms with Crippen LogP contribution in [-0.2, 0) is 10.0 Å². The summed E-state index contributed by atoms with van der Waals surface area (Å²) in [7, 11) is -0.274. The van der Waals surface area contributed by atoms with E-state index in [1.165, 1.54) is 23.3 Å². The SMILES string of the molecule is CCNc1cc(S(=O)(=O)NN(C)C)ccn1. The Balaban J connectivity index is 2.99. The number of aromatic nitrogens is 1. The lowest BCUT2D eigenvalue weighted by Gasteiger charge is -2.13. The summed E-state index contributed by atoms with van der Waals surface area (Å²) >= 11 is 0. The number of nitrogens with zero attached hydrogens (tertiary/aromatic N) is 2. The van der Waals surface area contributed by atoms with Gasteiger partial charge in [0.25, 0.3) is 10.0 Å². The molecule has 7 heteroatoms. The summed E-state index contributed by atoms with van der Waals surface area (Å²) in [5.74, 6) is 0.545. The first-order valence-corrected chi connectivity index (χ1v) is 6.33. The molecular weight excluding hydrogens is 228 g/mol. The Labute approximate surface area is 95.7 Å². The van der Waals surface area contributed by atoms with Crippen LogP contribution in [0.3, 0.4) is 0 Å². The Kier molecular flexibility index (Phi) is 4.22. The van der Waals surface area contributed by atoms with Gasteiger partial charge >= 0.3 is 0 Å². The molecule has 0 fully saturated rings. The normalized spacial score (nSPS) is 11.8. The predicted molar refractivity (Wildman–Crippen MR) is 62.4 cm³/mol. The van der Waals surface area contributed by atoms with Crippen molar-refractivity contribution in [2.24, 2.45) is 0 Å². The van der Waals surface area contributed by atoms with Crippen LogP contribution in [0.25, 0.3) is 0 Å². The maximum Gasteiger partial charge on any atom is 0.253 e. The van der Waals surface area contributed by atoms with Crippen molar-refractivity contribution in [1.29, 1.82) is 0 Å². The second kappa shape index (κ2) is 5.24. The molecule has 0 amide bonds. The molecule has 2 N–H and O–H groups in total. The summed E-state index contributed by atoms with van der Waals surface area (Å²) in [6, 6.07) is 2.95. The number of hydrogen-bond acceptors (Lipinski definition) is 5. The second-order valence-corrected chi connectivity index (χ2v) is 5.06. The lowest BCUT2D eigenvalue weighted by Crippen LogP contribution is -2.36. The van der Waals surface area contributed by atoms with Gasteiger partial charge in [0.05, 0.1) is 4.90 Å². The van der Waals surface area contributed by atoms with E-state index in [1.54, 1.807) is 14.1 Å². The first-order chi connectivity index (χ1) is 7.45. The van der Waals surface area contributed by atoms with Gasteiger partial charge in [0, 0.05) is 32.9 Å². The van der Waals surface area contributed by atoms with Gasteiger partial charge in [-0.25, -0.2) is 18.4 Å². The summed E-state index contributed by atoms with van der Waals surface area (Å²) in [6.45, 7) is 2.61. The number of pyridine rings is 1. The Morgan fingerprint density at radius 3 is 2.69 bits per heavy atom. The fourth-order valence-corrected chi connectivity index (χ4v) is 2.24. The molecular formula is C9H16N4O2S. The van der Waals surface area contributed by atoms with Crippen LogP contribution in [0.1, 0.15) is 6.92 Å². The smallest absolute Gasteiger partial charge is 0.253 e. The topological polar surface area (TPSA) is 74.3 Å². The van der Waals surface area contributed by atoms with Gasteiger partial charge < -0.3 is 5.32 Å². The van der Waals surface area contributed by atoms with Crippen LogP contribution < -0.4 is 10.1 Å². The number of sulfonamides is 1. The largest absolute Gasteiger partial charge is 0.370 e. The van der Waals surface area contributed by atoms with Gasteiger partial charge in [-0.05, 0) is 13.0 Å². The molecule has 0 aliphatic carbocycles. The molecule has 1 rings (SSSR count). The van der Waals surface area contributed by atoms with Crippen molar-refractivity contribution in [3.63, 3.8) is 0 Å². The zero-order chi connectivity index (χ0) is 12.2. The second-order valence-electron chi connectivity index (χ2n) is 3.40. The zero-order valence-electron chi connectivity index (χ0n) is 9.56. The van der Waals surface area contributed by atoms with Crippen LogP contribution in [0.4, 0.5) is 5.82 Å². The minimum absolute atomic E-state index is 0.187. The third-order valence-electron chi connectivity index (χ3n) is 1.70. The predicted octanol–water partition coefficient (Wildman–Crippen LogP) is 0.268. The van der Waals surface area contributed by atoms with E-state index in [-0.39, 0.29) is 4.90 Å². The van der Waals surface area contributed by atoms with E-state index in [9.17, 15) is 8.42 Å². The van der Waals surface area contributed by atoms with Gasteiger partial charge in [0.1, 0.15) is 5.82 Å². The summed E-state index contributed by atoms with van der Waals surface area (Å²) in [5, 5.41) is 4.33. The number of hydrogen-bond donors (Lipinski definition) is 2. The quantitative estimate of drug-likeness (QED) is 0.727. The van der Waals surface area contributed by atoms with Crippen LogP contribution in [0, 0.1) is 0 Å². The van der Waals surface area contributed by atoms with E-state index in [2.05, 4.69) is 15.1 Å². The molecule has 6 nitrogen and oxygen atoms in total. The molecule has 0 aromatic carbocycles. The molecule has 16 heavy (non-hydrogen) atoms. The minimum Gasteiger partial charge on any atom is -0.370 e. The van der Waals surface area contributed by atoms with Crippen LogP contribution in [0.15, 0.2) is 23.2 Å². The van der Waals surface area contributed by atoms with E-state index in [0.29, 0.717) is 12.4 Å². The number of hydrazine groups is 1. The van der Waals surface area contributed by atoms with Gasteiger partial charge in [-0.15, -0.1) is 4.83 Å². The average Bonchev–Trinajstić information content (AvgIpc) is 2.16. The van der Waals surface area contributed by atoms with E-state index in [0.717, 1.165) is 0 Å². The molecule has 0 spiro atoms. The Bertz CT molecular complexity index is 445. The molecule has 0 aliphatic rings. The molecule has 0 aliphatic heterocycles. The molecule has 90 valence electrons. The lowest BCUT2D eigenvalue weighted by molar-refractivity contribution is 0.364. The maximum atomic E-state index is 11.8. The van der Waals surface area contributed by atoms with Crippen molar-refractivity contribution in [3.05, 3.63) is 18.3 Å². The fraction of sp³-hybridized carbons (Fsp3) is 0.444. The van der Waals surface area contributed by atoms with E-state index in [1.807, 2.05) is 6.92 Å². The molecule has 0 saturated carbocycles. The molecule has 1 aromatic heterocycles. The summed E-state index contributed by atoms with van der Waals surface area (Å²) < 4.78 is 23.6. The van der Waals surface area contributed by atoms with Crippen LogP contribution in [0.2, 0.25) is 0 Å². The Morgan fingerprint density at radius 1 is 1.44 bits per heavy atom. The maximum absolute atomic E-state index is 11.8. The summed E-state index contributed by atoms with van der Waals surface area (Å²) in [6.07, 6.45) is 1.46. The highest BCUT2D eigenvalue weighted by Gasteiger charge is 2.15. The van der Waals surface area contributed by atoms with Crippen molar-refractivity contribution in [2.45, 2.75) is 11.8 Å². The van der Waals surface area contributed by atoms with Crippen molar-refractivity contribution < 1.29 is 8.42 Å². The van der Waals surface area contributed by atoms with Crippen LogP contribution in [-0.4, -0.2) is 39.1 Å². The average molecular weight is 244 g/mol. The number of rotatable bonds is 5. The Hall–Kier alpha value is -1.18. The monoisotopic (exact) mass is 244 g/mol. The fourth-order valence-electron chi connectivity index (χ4n) is 1.15. The molecule has 0 saturated heterocycles. The van der Waals surface area contributed by atoms with Crippen molar-refractivity contribution in [3.8, 4) is 0 Å². The van der Waals surface area contributed by atoms with Gasteiger partial charge in [-0.3, -0.25) is 0 Å². The van der Waals surface area contributed by atoms with Gasteiger partial charge in [-0.1, -0.05) is 0 Å². The van der Waals surface area contributed by atoms with Crippen molar-refractivity contribution in [1.82, 2.24) is 14.8 Å². The molecule has 1 heterocycles.